The van der Waals surface area contributed by atoms with E-state index in [0.29, 0.717) is 22.7 Å². The molecule has 0 saturated carbocycles. The van der Waals surface area contributed by atoms with Gasteiger partial charge >= 0.3 is 5.97 Å². The number of aromatic carboxylic acids is 1. The van der Waals surface area contributed by atoms with Gasteiger partial charge in [-0.25, -0.2) is 13.6 Å². The molecule has 12 heteroatoms. The molecule has 43 heavy (non-hydrogen) atoms. The van der Waals surface area contributed by atoms with Crippen molar-refractivity contribution in [3.05, 3.63) is 86.9 Å². The van der Waals surface area contributed by atoms with Gasteiger partial charge in [0, 0.05) is 28.7 Å². The summed E-state index contributed by atoms with van der Waals surface area (Å²) in [5, 5.41) is 18.3. The molecule has 1 unspecified atom stereocenters. The Morgan fingerprint density at radius 2 is 1.84 bits per heavy atom. The third-order valence-electron chi connectivity index (χ3n) is 8.00. The van der Waals surface area contributed by atoms with Crippen LogP contribution in [0.4, 0.5) is 20.2 Å². The number of amides is 2. The molecule has 1 spiro atoms. The van der Waals surface area contributed by atoms with Gasteiger partial charge in [0.05, 0.1) is 29.4 Å². The second-order valence-corrected chi connectivity index (χ2v) is 12.8. The number of methoxy groups -OCH3 is 1. The van der Waals surface area contributed by atoms with Crippen LogP contribution in [0.3, 0.4) is 0 Å². The first-order valence-electron chi connectivity index (χ1n) is 13.4. The smallest absolute Gasteiger partial charge is 0.338 e. The van der Waals surface area contributed by atoms with Crippen molar-refractivity contribution in [2.75, 3.05) is 17.7 Å². The number of hydrogen-bond acceptors (Lipinski definition) is 5. The number of benzene rings is 3. The summed E-state index contributed by atoms with van der Waals surface area (Å²) in [6.07, 6.45) is 0.399. The van der Waals surface area contributed by atoms with Gasteiger partial charge in [-0.3, -0.25) is 9.59 Å². The Morgan fingerprint density at radius 3 is 2.49 bits per heavy atom. The number of carbonyl (C=O) groups excluding carboxylic acids is 2. The van der Waals surface area contributed by atoms with Crippen LogP contribution in [0.1, 0.15) is 54.6 Å². The van der Waals surface area contributed by atoms with E-state index in [4.69, 9.17) is 27.9 Å². The van der Waals surface area contributed by atoms with Crippen LogP contribution in [0.15, 0.2) is 48.5 Å². The third-order valence-corrected chi connectivity index (χ3v) is 8.53. The van der Waals surface area contributed by atoms with E-state index in [2.05, 4.69) is 16.0 Å². The SMILES string of the molecule is COc1cc(C(=O)O)c(F)cc1NC(=O)[C@@H]1N[C@@H](CC(C)(C)C)C2(C(=O)Nc3cc(Cl)ccc32)[C@H]1c1cccc(Cl)c1F. The number of carboxylic acids is 1. The van der Waals surface area contributed by atoms with E-state index < -0.39 is 58.4 Å². The molecule has 3 aromatic rings. The summed E-state index contributed by atoms with van der Waals surface area (Å²) in [5.41, 5.74) is -1.59. The van der Waals surface area contributed by atoms with Crippen molar-refractivity contribution in [2.24, 2.45) is 5.41 Å². The molecule has 0 radical (unpaired) electrons. The molecule has 8 nitrogen and oxygen atoms in total. The lowest BCUT2D eigenvalue weighted by molar-refractivity contribution is -0.122. The molecule has 2 heterocycles. The highest BCUT2D eigenvalue weighted by Gasteiger charge is 2.66. The van der Waals surface area contributed by atoms with E-state index in [0.717, 1.165) is 12.1 Å². The average molecular weight is 632 g/mol. The summed E-state index contributed by atoms with van der Waals surface area (Å²) in [5.74, 6) is -5.79. The monoisotopic (exact) mass is 631 g/mol. The Balaban J connectivity index is 1.71. The van der Waals surface area contributed by atoms with Gasteiger partial charge in [0.2, 0.25) is 11.8 Å². The van der Waals surface area contributed by atoms with Crippen molar-refractivity contribution in [2.45, 2.75) is 50.6 Å². The highest BCUT2D eigenvalue weighted by molar-refractivity contribution is 6.31. The largest absolute Gasteiger partial charge is 0.495 e. The second-order valence-electron chi connectivity index (χ2n) is 11.9. The Labute approximate surface area is 256 Å². The van der Waals surface area contributed by atoms with Gasteiger partial charge in [-0.05, 0) is 47.2 Å². The van der Waals surface area contributed by atoms with Gasteiger partial charge in [-0.2, -0.15) is 0 Å². The van der Waals surface area contributed by atoms with Gasteiger partial charge in [0.25, 0.3) is 0 Å². The summed E-state index contributed by atoms with van der Waals surface area (Å²) in [4.78, 5) is 39.8. The summed E-state index contributed by atoms with van der Waals surface area (Å²) in [6, 6.07) is 9.22. The maximum absolute atomic E-state index is 15.9. The average Bonchev–Trinajstić information content (AvgIpc) is 3.39. The molecule has 2 aliphatic heterocycles. The molecular formula is C31H29Cl2F2N3O5. The molecule has 4 atom stereocenters. The maximum atomic E-state index is 15.9. The fourth-order valence-corrected chi connectivity index (χ4v) is 6.70. The number of fused-ring (bicyclic) bond motifs is 2. The zero-order chi connectivity index (χ0) is 31.4. The molecule has 226 valence electrons. The van der Waals surface area contributed by atoms with Crippen molar-refractivity contribution in [3.63, 3.8) is 0 Å². The quantitative estimate of drug-likeness (QED) is 0.251. The molecule has 0 aromatic heterocycles. The lowest BCUT2D eigenvalue weighted by Crippen LogP contribution is -2.49. The van der Waals surface area contributed by atoms with Crippen LogP contribution in [0, 0.1) is 17.0 Å². The topological polar surface area (TPSA) is 117 Å². The maximum Gasteiger partial charge on any atom is 0.338 e. The first-order chi connectivity index (χ1) is 20.2. The fourth-order valence-electron chi connectivity index (χ4n) is 6.35. The molecule has 1 saturated heterocycles. The van der Waals surface area contributed by atoms with E-state index in [-0.39, 0.29) is 27.4 Å². The van der Waals surface area contributed by atoms with E-state index in [1.165, 1.54) is 19.2 Å². The summed E-state index contributed by atoms with van der Waals surface area (Å²) < 4.78 is 35.8. The number of nitrogens with one attached hydrogen (secondary N) is 3. The summed E-state index contributed by atoms with van der Waals surface area (Å²) in [7, 11) is 1.24. The minimum atomic E-state index is -1.51. The van der Waals surface area contributed by atoms with Gasteiger partial charge in [0.15, 0.2) is 0 Å². The number of anilines is 2. The molecule has 2 amide bonds. The number of carboxylic acid groups (broad SMARTS) is 1. The molecule has 4 N–H and O–H groups in total. The third kappa shape index (κ3) is 5.21. The van der Waals surface area contributed by atoms with E-state index in [9.17, 15) is 23.9 Å². The molecule has 2 aliphatic rings. The predicted octanol–water partition coefficient (Wildman–Crippen LogP) is 6.37. The highest BCUT2D eigenvalue weighted by Crippen LogP contribution is 2.57. The van der Waals surface area contributed by atoms with Crippen molar-refractivity contribution in [1.82, 2.24) is 5.32 Å². The second kappa shape index (κ2) is 11.1. The van der Waals surface area contributed by atoms with Crippen LogP contribution in [-0.4, -0.2) is 42.1 Å². The number of carbonyl (C=O) groups is 3. The van der Waals surface area contributed by atoms with Crippen molar-refractivity contribution < 1.29 is 33.0 Å². The van der Waals surface area contributed by atoms with E-state index in [1.807, 2.05) is 20.8 Å². The molecule has 0 aliphatic carbocycles. The Kier molecular flexibility index (Phi) is 7.91. The molecule has 3 aromatic carbocycles. The summed E-state index contributed by atoms with van der Waals surface area (Å²) in [6.45, 7) is 5.95. The van der Waals surface area contributed by atoms with Crippen LogP contribution in [0.2, 0.25) is 10.0 Å². The highest BCUT2D eigenvalue weighted by atomic mass is 35.5. The molecule has 1 fully saturated rings. The molecular weight excluding hydrogens is 603 g/mol. The number of rotatable bonds is 6. The fraction of sp³-hybridized carbons (Fsp3) is 0.323. The van der Waals surface area contributed by atoms with E-state index in [1.54, 1.807) is 24.3 Å². The summed E-state index contributed by atoms with van der Waals surface area (Å²) >= 11 is 12.5. The minimum Gasteiger partial charge on any atom is -0.495 e. The first-order valence-corrected chi connectivity index (χ1v) is 14.2. The first kappa shape index (κ1) is 30.7. The Morgan fingerprint density at radius 1 is 1.12 bits per heavy atom. The lowest BCUT2D eigenvalue weighted by Gasteiger charge is -2.37. The van der Waals surface area contributed by atoms with Crippen LogP contribution in [0.25, 0.3) is 0 Å². The normalized spacial score (nSPS) is 22.8. The predicted molar refractivity (Wildman–Crippen MR) is 159 cm³/mol. The molecule has 0 bridgehead atoms. The molecule has 5 rings (SSSR count). The van der Waals surface area contributed by atoms with E-state index >= 15 is 4.39 Å². The minimum absolute atomic E-state index is 0.0360. The standard InChI is InChI=1S/C31H29Cl2F2N3O5/c1-30(2,3)13-23-31(17-9-8-14(32)10-20(17)37-29(31)42)24(15-6-5-7-18(33)25(15)35)26(38-23)27(39)36-21-12-19(34)16(28(40)41)11-22(21)43-4/h5-12,23-24,26,38H,13H2,1-4H3,(H,36,39)(H,37,42)(H,40,41)/t23-,24-,26+,31?/m0/s1. The Hall–Kier alpha value is -3.73. The van der Waals surface area contributed by atoms with Crippen LogP contribution in [0.5, 0.6) is 5.75 Å². The zero-order valence-corrected chi connectivity index (χ0v) is 25.2. The van der Waals surface area contributed by atoms with Gasteiger partial charge in [0.1, 0.15) is 22.8 Å². The van der Waals surface area contributed by atoms with Gasteiger partial charge in [-0.1, -0.05) is 62.2 Å². The number of halogens is 4. The van der Waals surface area contributed by atoms with Crippen LogP contribution in [-0.2, 0) is 15.0 Å². The van der Waals surface area contributed by atoms with Crippen molar-refractivity contribution >= 4 is 52.4 Å². The van der Waals surface area contributed by atoms with Gasteiger partial charge < -0.3 is 25.8 Å². The number of ether oxygens (including phenoxy) is 1. The van der Waals surface area contributed by atoms with Crippen LogP contribution < -0.4 is 20.7 Å². The lowest BCUT2D eigenvalue weighted by atomic mass is 9.62. The van der Waals surface area contributed by atoms with Gasteiger partial charge in [-0.15, -0.1) is 0 Å². The van der Waals surface area contributed by atoms with Crippen LogP contribution >= 0.6 is 23.2 Å². The van der Waals surface area contributed by atoms with Crippen molar-refractivity contribution in [1.29, 1.82) is 0 Å². The number of hydrogen-bond donors (Lipinski definition) is 4. The van der Waals surface area contributed by atoms with Crippen molar-refractivity contribution in [3.8, 4) is 5.75 Å². The Bertz CT molecular complexity index is 1660. The zero-order valence-electron chi connectivity index (χ0n) is 23.7.